The first-order valence-corrected chi connectivity index (χ1v) is 10.5. The molecule has 158 valence electrons. The van der Waals surface area contributed by atoms with Gasteiger partial charge in [-0.25, -0.2) is 4.98 Å². The van der Waals surface area contributed by atoms with Crippen LogP contribution in [0.3, 0.4) is 0 Å². The molecule has 1 fully saturated rings. The molecule has 0 N–H and O–H groups in total. The highest BCUT2D eigenvalue weighted by molar-refractivity contribution is 5.76. The van der Waals surface area contributed by atoms with Gasteiger partial charge in [-0.3, -0.25) is 4.98 Å². The maximum atomic E-state index is 5.52. The van der Waals surface area contributed by atoms with E-state index in [0.717, 1.165) is 60.5 Å². The number of anilines is 3. The van der Waals surface area contributed by atoms with E-state index in [-0.39, 0.29) is 0 Å². The van der Waals surface area contributed by atoms with Crippen molar-refractivity contribution in [1.82, 2.24) is 15.0 Å². The zero-order valence-electron chi connectivity index (χ0n) is 17.6. The summed E-state index contributed by atoms with van der Waals surface area (Å²) in [6.45, 7) is 3.85. The Kier molecular flexibility index (Phi) is 5.50. The molecule has 3 aromatic rings. The highest BCUT2D eigenvalue weighted by atomic mass is 16.5. The molecule has 2 aliphatic rings. The SMILES string of the molecule is COc1cccc(C=Cc2nc(N3CCOCC3)nc3c2CCN3c2cccnc2)c1. The number of rotatable bonds is 5. The Morgan fingerprint density at radius 3 is 2.74 bits per heavy atom. The Balaban J connectivity index is 1.55. The van der Waals surface area contributed by atoms with Crippen molar-refractivity contribution in [3.63, 3.8) is 0 Å². The molecule has 31 heavy (non-hydrogen) atoms. The van der Waals surface area contributed by atoms with Crippen LogP contribution in [0.15, 0.2) is 48.8 Å². The third-order valence-electron chi connectivity index (χ3n) is 5.63. The Morgan fingerprint density at radius 1 is 1.03 bits per heavy atom. The molecule has 0 amide bonds. The highest BCUT2D eigenvalue weighted by Crippen LogP contribution is 2.36. The van der Waals surface area contributed by atoms with Gasteiger partial charge in [0.1, 0.15) is 11.6 Å². The van der Waals surface area contributed by atoms with E-state index in [4.69, 9.17) is 19.4 Å². The van der Waals surface area contributed by atoms with Crippen LogP contribution in [-0.2, 0) is 11.2 Å². The van der Waals surface area contributed by atoms with Crippen LogP contribution in [0.5, 0.6) is 5.75 Å². The van der Waals surface area contributed by atoms with Gasteiger partial charge in [0.25, 0.3) is 0 Å². The first-order chi connectivity index (χ1) is 15.3. The van der Waals surface area contributed by atoms with Crippen molar-refractivity contribution in [3.8, 4) is 5.75 Å². The standard InChI is InChI=1S/C24H25N5O2/c1-30-20-6-2-4-18(16-20)7-8-22-21-9-11-29(19-5-3-10-25-17-19)23(21)27-24(26-22)28-12-14-31-15-13-28/h2-8,10,16-17H,9,11-15H2,1H3. The smallest absolute Gasteiger partial charge is 0.228 e. The van der Waals surface area contributed by atoms with Gasteiger partial charge in [-0.05, 0) is 42.3 Å². The molecule has 7 heteroatoms. The van der Waals surface area contributed by atoms with Gasteiger partial charge in [-0.1, -0.05) is 18.2 Å². The van der Waals surface area contributed by atoms with Gasteiger partial charge in [0.15, 0.2) is 0 Å². The van der Waals surface area contributed by atoms with Crippen LogP contribution in [-0.4, -0.2) is 54.9 Å². The molecule has 0 bridgehead atoms. The van der Waals surface area contributed by atoms with Crippen molar-refractivity contribution in [1.29, 1.82) is 0 Å². The monoisotopic (exact) mass is 415 g/mol. The predicted octanol–water partition coefficient (Wildman–Crippen LogP) is 3.58. The number of benzene rings is 1. The summed E-state index contributed by atoms with van der Waals surface area (Å²) in [5, 5.41) is 0. The normalized spacial score (nSPS) is 16.0. The molecule has 2 aliphatic heterocycles. The largest absolute Gasteiger partial charge is 0.497 e. The minimum absolute atomic E-state index is 0.696. The summed E-state index contributed by atoms with van der Waals surface area (Å²) in [7, 11) is 1.68. The van der Waals surface area contributed by atoms with Crippen molar-refractivity contribution in [2.24, 2.45) is 0 Å². The van der Waals surface area contributed by atoms with Crippen molar-refractivity contribution >= 4 is 29.6 Å². The number of pyridine rings is 1. The number of morpholine rings is 1. The molecule has 5 rings (SSSR count). The molecule has 1 aromatic carbocycles. The molecule has 0 unspecified atom stereocenters. The summed E-state index contributed by atoms with van der Waals surface area (Å²) < 4.78 is 10.9. The van der Waals surface area contributed by atoms with Crippen molar-refractivity contribution < 1.29 is 9.47 Å². The number of hydrogen-bond donors (Lipinski definition) is 0. The van der Waals surface area contributed by atoms with Crippen molar-refractivity contribution in [3.05, 3.63) is 65.6 Å². The summed E-state index contributed by atoms with van der Waals surface area (Å²) >= 11 is 0. The lowest BCUT2D eigenvalue weighted by molar-refractivity contribution is 0.122. The number of ether oxygens (including phenoxy) is 2. The van der Waals surface area contributed by atoms with Gasteiger partial charge in [0, 0.05) is 31.4 Å². The van der Waals surface area contributed by atoms with E-state index < -0.39 is 0 Å². The zero-order valence-corrected chi connectivity index (χ0v) is 17.6. The van der Waals surface area contributed by atoms with Crippen molar-refractivity contribution in [2.75, 3.05) is 49.8 Å². The molecule has 0 atom stereocenters. The second-order valence-electron chi connectivity index (χ2n) is 7.53. The van der Waals surface area contributed by atoms with Gasteiger partial charge in [-0.15, -0.1) is 0 Å². The molecule has 0 aliphatic carbocycles. The van der Waals surface area contributed by atoms with Crippen LogP contribution in [0.1, 0.15) is 16.8 Å². The van der Waals surface area contributed by atoms with E-state index in [1.54, 1.807) is 13.3 Å². The minimum Gasteiger partial charge on any atom is -0.497 e. The summed E-state index contributed by atoms with van der Waals surface area (Å²) in [5.41, 5.74) is 4.25. The summed E-state index contributed by atoms with van der Waals surface area (Å²) in [6, 6.07) is 12.0. The van der Waals surface area contributed by atoms with Gasteiger partial charge in [-0.2, -0.15) is 4.98 Å². The second kappa shape index (κ2) is 8.73. The molecule has 1 saturated heterocycles. The van der Waals surface area contributed by atoms with Gasteiger partial charge >= 0.3 is 0 Å². The third kappa shape index (κ3) is 4.09. The zero-order chi connectivity index (χ0) is 21.0. The molecular weight excluding hydrogens is 390 g/mol. The third-order valence-corrected chi connectivity index (χ3v) is 5.63. The Morgan fingerprint density at radius 2 is 1.94 bits per heavy atom. The Bertz CT molecular complexity index is 1080. The van der Waals surface area contributed by atoms with Crippen LogP contribution < -0.4 is 14.5 Å². The fourth-order valence-electron chi connectivity index (χ4n) is 4.00. The van der Waals surface area contributed by atoms with Crippen LogP contribution in [0.4, 0.5) is 17.5 Å². The Labute approximate surface area is 182 Å². The topological polar surface area (TPSA) is 63.6 Å². The van der Waals surface area contributed by atoms with Crippen molar-refractivity contribution in [2.45, 2.75) is 6.42 Å². The molecule has 2 aromatic heterocycles. The molecule has 0 saturated carbocycles. The van der Waals surface area contributed by atoms with E-state index in [1.165, 1.54) is 5.56 Å². The van der Waals surface area contributed by atoms with E-state index >= 15 is 0 Å². The number of aromatic nitrogens is 3. The fourth-order valence-corrected chi connectivity index (χ4v) is 4.00. The molecular formula is C24H25N5O2. The lowest BCUT2D eigenvalue weighted by Crippen LogP contribution is -2.37. The molecule has 0 radical (unpaired) electrons. The maximum absolute atomic E-state index is 5.52. The number of methoxy groups -OCH3 is 1. The first-order valence-electron chi connectivity index (χ1n) is 10.5. The van der Waals surface area contributed by atoms with Crippen LogP contribution in [0.25, 0.3) is 12.2 Å². The number of nitrogens with zero attached hydrogens (tertiary/aromatic N) is 5. The number of hydrogen-bond acceptors (Lipinski definition) is 7. The van der Waals surface area contributed by atoms with E-state index in [2.05, 4.69) is 39.1 Å². The summed E-state index contributed by atoms with van der Waals surface area (Å²) in [4.78, 5) is 18.7. The first kappa shape index (κ1) is 19.5. The van der Waals surface area contributed by atoms with E-state index in [1.807, 2.05) is 30.5 Å². The molecule has 4 heterocycles. The van der Waals surface area contributed by atoms with E-state index in [9.17, 15) is 0 Å². The van der Waals surface area contributed by atoms with Gasteiger partial charge in [0.2, 0.25) is 5.95 Å². The van der Waals surface area contributed by atoms with Gasteiger partial charge in [0.05, 0.1) is 37.9 Å². The molecule has 0 spiro atoms. The highest BCUT2D eigenvalue weighted by Gasteiger charge is 2.27. The minimum atomic E-state index is 0.696. The van der Waals surface area contributed by atoms with E-state index in [0.29, 0.717) is 13.2 Å². The average molecular weight is 415 g/mol. The summed E-state index contributed by atoms with van der Waals surface area (Å²) in [5.74, 6) is 2.56. The number of fused-ring (bicyclic) bond motifs is 1. The summed E-state index contributed by atoms with van der Waals surface area (Å²) in [6.07, 6.45) is 8.75. The lowest BCUT2D eigenvalue weighted by Gasteiger charge is -2.28. The predicted molar refractivity (Wildman–Crippen MR) is 122 cm³/mol. The van der Waals surface area contributed by atoms with Gasteiger partial charge < -0.3 is 19.3 Å². The fraction of sp³-hybridized carbons (Fsp3) is 0.292. The van der Waals surface area contributed by atoms with Crippen LogP contribution >= 0.6 is 0 Å². The molecule has 7 nitrogen and oxygen atoms in total. The van der Waals surface area contributed by atoms with Crippen LogP contribution in [0, 0.1) is 0 Å². The second-order valence-corrected chi connectivity index (χ2v) is 7.53. The van der Waals surface area contributed by atoms with Crippen LogP contribution in [0.2, 0.25) is 0 Å². The Hall–Kier alpha value is -3.45. The maximum Gasteiger partial charge on any atom is 0.228 e. The quantitative estimate of drug-likeness (QED) is 0.631. The average Bonchev–Trinajstić information content (AvgIpc) is 3.28. The lowest BCUT2D eigenvalue weighted by atomic mass is 10.1.